The Morgan fingerprint density at radius 1 is 1.09 bits per heavy atom. The largest absolute Gasteiger partial charge is 0.392 e. The van der Waals surface area contributed by atoms with E-state index >= 15 is 0 Å². The Hall–Kier alpha value is 0.620. The second-order valence-corrected chi connectivity index (χ2v) is 4.63. The first-order valence-electron chi connectivity index (χ1n) is 2.89. The molecule has 0 aliphatic rings. The number of halogens is 3. The fourth-order valence-corrected chi connectivity index (χ4v) is 3.23. The molecule has 0 saturated carbocycles. The van der Waals surface area contributed by atoms with Crippen molar-refractivity contribution in [3.63, 3.8) is 0 Å². The van der Waals surface area contributed by atoms with Gasteiger partial charge in [-0.2, -0.15) is 0 Å². The maximum absolute atomic E-state index is 8.91. The summed E-state index contributed by atoms with van der Waals surface area (Å²) in [6.45, 7) is 0.0362. The molecular weight excluding hydrogens is 340 g/mol. The summed E-state index contributed by atoms with van der Waals surface area (Å²) >= 11 is 10.0. The molecule has 0 radical (unpaired) electrons. The van der Waals surface area contributed by atoms with Gasteiger partial charge in [-0.1, -0.05) is 47.8 Å². The average molecular weight is 345 g/mol. The van der Waals surface area contributed by atoms with E-state index in [0.29, 0.717) is 0 Å². The zero-order chi connectivity index (χ0) is 8.43. The van der Waals surface area contributed by atoms with Crippen LogP contribution >= 0.6 is 47.8 Å². The summed E-state index contributed by atoms with van der Waals surface area (Å²) in [4.78, 5) is 0. The quantitative estimate of drug-likeness (QED) is 0.827. The minimum Gasteiger partial charge on any atom is -0.392 e. The Kier molecular flexibility index (Phi) is 3.55. The molecule has 0 aromatic heterocycles. The number of hydrogen-bond acceptors (Lipinski definition) is 1. The molecule has 1 aromatic carbocycles. The van der Waals surface area contributed by atoms with Gasteiger partial charge in [0.05, 0.1) is 6.61 Å². The third kappa shape index (κ3) is 2.28. The van der Waals surface area contributed by atoms with Crippen molar-refractivity contribution in [1.82, 2.24) is 0 Å². The number of hydrogen-bond donors (Lipinski definition) is 1. The fraction of sp³-hybridized carbons (Fsp3) is 0.143. The molecule has 0 saturated heterocycles. The van der Waals surface area contributed by atoms with Crippen LogP contribution in [-0.2, 0) is 6.61 Å². The maximum atomic E-state index is 8.91. The SMILES string of the molecule is OCc1c(Br)cc(Br)cc1Br. The highest BCUT2D eigenvalue weighted by Gasteiger charge is 2.04. The summed E-state index contributed by atoms with van der Waals surface area (Å²) in [5.74, 6) is 0. The molecule has 0 atom stereocenters. The molecule has 1 rings (SSSR count). The number of aliphatic hydroxyl groups excluding tert-OH is 1. The smallest absolute Gasteiger partial charge is 0.0703 e. The van der Waals surface area contributed by atoms with Crippen molar-refractivity contribution in [3.8, 4) is 0 Å². The molecular formula is C7H5Br3O. The third-order valence-electron chi connectivity index (χ3n) is 1.26. The van der Waals surface area contributed by atoms with Crippen LogP contribution in [0.2, 0.25) is 0 Å². The number of rotatable bonds is 1. The van der Waals surface area contributed by atoms with E-state index in [1.807, 2.05) is 12.1 Å². The standard InChI is InChI=1S/C7H5Br3O/c8-4-1-6(9)5(3-11)7(10)2-4/h1-2,11H,3H2. The Morgan fingerprint density at radius 2 is 1.55 bits per heavy atom. The van der Waals surface area contributed by atoms with Crippen molar-refractivity contribution in [1.29, 1.82) is 0 Å². The van der Waals surface area contributed by atoms with E-state index in [1.165, 1.54) is 0 Å². The van der Waals surface area contributed by atoms with E-state index in [9.17, 15) is 0 Å². The van der Waals surface area contributed by atoms with Crippen LogP contribution in [0.4, 0.5) is 0 Å². The average Bonchev–Trinajstić information content (AvgIpc) is 1.85. The van der Waals surface area contributed by atoms with Gasteiger partial charge in [0.15, 0.2) is 0 Å². The van der Waals surface area contributed by atoms with Crippen LogP contribution in [0.5, 0.6) is 0 Å². The van der Waals surface area contributed by atoms with Gasteiger partial charge in [0, 0.05) is 19.0 Å². The molecule has 11 heavy (non-hydrogen) atoms. The topological polar surface area (TPSA) is 20.2 Å². The highest BCUT2D eigenvalue weighted by Crippen LogP contribution is 2.29. The molecule has 0 aliphatic heterocycles. The molecule has 60 valence electrons. The van der Waals surface area contributed by atoms with Crippen LogP contribution in [0.15, 0.2) is 25.6 Å². The Labute approximate surface area is 90.2 Å². The molecule has 0 amide bonds. The van der Waals surface area contributed by atoms with Gasteiger partial charge in [-0.3, -0.25) is 0 Å². The van der Waals surface area contributed by atoms with Crippen molar-refractivity contribution in [3.05, 3.63) is 31.1 Å². The molecule has 1 N–H and O–H groups in total. The van der Waals surface area contributed by atoms with Crippen LogP contribution in [0, 0.1) is 0 Å². The highest BCUT2D eigenvalue weighted by molar-refractivity contribution is 9.11. The predicted molar refractivity (Wildman–Crippen MR) is 55.5 cm³/mol. The van der Waals surface area contributed by atoms with Crippen LogP contribution in [0.3, 0.4) is 0 Å². The Morgan fingerprint density at radius 3 is 1.91 bits per heavy atom. The van der Waals surface area contributed by atoms with Crippen molar-refractivity contribution in [2.45, 2.75) is 6.61 Å². The summed E-state index contributed by atoms with van der Waals surface area (Å²) in [7, 11) is 0. The molecule has 0 bridgehead atoms. The second kappa shape index (κ2) is 4.03. The van der Waals surface area contributed by atoms with Gasteiger partial charge in [0.25, 0.3) is 0 Å². The Bertz CT molecular complexity index is 249. The van der Waals surface area contributed by atoms with E-state index in [0.717, 1.165) is 19.0 Å². The van der Waals surface area contributed by atoms with Crippen molar-refractivity contribution < 1.29 is 5.11 Å². The lowest BCUT2D eigenvalue weighted by atomic mass is 10.2. The van der Waals surface area contributed by atoms with Crippen molar-refractivity contribution in [2.24, 2.45) is 0 Å². The number of aliphatic hydroxyl groups is 1. The van der Waals surface area contributed by atoms with E-state index in [-0.39, 0.29) is 6.61 Å². The zero-order valence-corrected chi connectivity index (χ0v) is 10.2. The fourth-order valence-electron chi connectivity index (χ4n) is 0.723. The highest BCUT2D eigenvalue weighted by atomic mass is 79.9. The van der Waals surface area contributed by atoms with Crippen molar-refractivity contribution in [2.75, 3.05) is 0 Å². The minimum absolute atomic E-state index is 0.0362. The van der Waals surface area contributed by atoms with E-state index in [4.69, 9.17) is 5.11 Å². The van der Waals surface area contributed by atoms with Crippen LogP contribution in [-0.4, -0.2) is 5.11 Å². The molecule has 1 aromatic rings. The van der Waals surface area contributed by atoms with Gasteiger partial charge in [0.2, 0.25) is 0 Å². The van der Waals surface area contributed by atoms with Gasteiger partial charge >= 0.3 is 0 Å². The monoisotopic (exact) mass is 342 g/mol. The first-order valence-corrected chi connectivity index (χ1v) is 5.27. The van der Waals surface area contributed by atoms with E-state index < -0.39 is 0 Å². The van der Waals surface area contributed by atoms with Gasteiger partial charge in [-0.15, -0.1) is 0 Å². The third-order valence-corrected chi connectivity index (χ3v) is 3.14. The lowest BCUT2D eigenvalue weighted by Gasteiger charge is -2.03. The molecule has 4 heteroatoms. The normalized spacial score (nSPS) is 10.2. The lowest BCUT2D eigenvalue weighted by Crippen LogP contribution is -1.86. The van der Waals surface area contributed by atoms with Crippen molar-refractivity contribution >= 4 is 47.8 Å². The van der Waals surface area contributed by atoms with Gasteiger partial charge in [0.1, 0.15) is 0 Å². The predicted octanol–water partition coefficient (Wildman–Crippen LogP) is 3.47. The van der Waals surface area contributed by atoms with Crippen LogP contribution in [0.25, 0.3) is 0 Å². The number of benzene rings is 1. The first-order chi connectivity index (χ1) is 5.15. The first kappa shape index (κ1) is 9.71. The van der Waals surface area contributed by atoms with Crippen LogP contribution in [0.1, 0.15) is 5.56 Å². The maximum Gasteiger partial charge on any atom is 0.0703 e. The molecule has 0 aliphatic carbocycles. The van der Waals surface area contributed by atoms with Gasteiger partial charge in [-0.05, 0) is 12.1 Å². The Balaban J connectivity index is 3.25. The zero-order valence-electron chi connectivity index (χ0n) is 5.44. The van der Waals surface area contributed by atoms with Gasteiger partial charge in [-0.25, -0.2) is 0 Å². The minimum atomic E-state index is 0.0362. The summed E-state index contributed by atoms with van der Waals surface area (Å²) in [6, 6.07) is 3.80. The summed E-state index contributed by atoms with van der Waals surface area (Å²) in [5.41, 5.74) is 0.869. The summed E-state index contributed by atoms with van der Waals surface area (Å²) in [5, 5.41) is 8.91. The van der Waals surface area contributed by atoms with E-state index in [2.05, 4.69) is 47.8 Å². The molecule has 0 fully saturated rings. The molecule has 1 nitrogen and oxygen atoms in total. The summed E-state index contributed by atoms with van der Waals surface area (Å²) < 4.78 is 2.79. The molecule has 0 unspecified atom stereocenters. The van der Waals surface area contributed by atoms with Crippen LogP contribution < -0.4 is 0 Å². The lowest BCUT2D eigenvalue weighted by molar-refractivity contribution is 0.280. The second-order valence-electron chi connectivity index (χ2n) is 2.01. The summed E-state index contributed by atoms with van der Waals surface area (Å²) in [6.07, 6.45) is 0. The van der Waals surface area contributed by atoms with Gasteiger partial charge < -0.3 is 5.11 Å². The van der Waals surface area contributed by atoms with E-state index in [1.54, 1.807) is 0 Å². The molecule has 0 heterocycles. The molecule has 0 spiro atoms.